The Balaban J connectivity index is 1.34. The minimum atomic E-state index is -0.837. The number of anilines is 2. The first-order valence-electron chi connectivity index (χ1n) is 15.0. The molecule has 0 aromatic heterocycles. The number of ketones is 1. The maximum atomic E-state index is 12.3. The molecule has 1 fully saturated rings. The van der Waals surface area contributed by atoms with E-state index in [4.69, 9.17) is 14.5 Å². The zero-order valence-corrected chi connectivity index (χ0v) is 24.6. The van der Waals surface area contributed by atoms with Gasteiger partial charge in [0.1, 0.15) is 18.0 Å². The van der Waals surface area contributed by atoms with Crippen LogP contribution in [0.25, 0.3) is 10.8 Å². The van der Waals surface area contributed by atoms with Crippen molar-refractivity contribution in [3.8, 4) is 11.5 Å². The summed E-state index contributed by atoms with van der Waals surface area (Å²) in [5.74, 6) is 1.69. The summed E-state index contributed by atoms with van der Waals surface area (Å²) in [5, 5.41) is 2.07. The van der Waals surface area contributed by atoms with Gasteiger partial charge in [-0.3, -0.25) is 9.79 Å². The van der Waals surface area contributed by atoms with E-state index >= 15 is 0 Å². The van der Waals surface area contributed by atoms with Gasteiger partial charge in [0, 0.05) is 46.9 Å². The van der Waals surface area contributed by atoms with Gasteiger partial charge in [0.15, 0.2) is 11.5 Å². The Morgan fingerprint density at radius 1 is 0.905 bits per heavy atom. The van der Waals surface area contributed by atoms with Crippen LogP contribution in [0.5, 0.6) is 11.5 Å². The summed E-state index contributed by atoms with van der Waals surface area (Å²) in [6, 6.07) is 26.6. The lowest BCUT2D eigenvalue weighted by Crippen LogP contribution is -2.63. The van der Waals surface area contributed by atoms with Crippen molar-refractivity contribution in [1.29, 1.82) is 0 Å². The number of hydrogen-bond donors (Lipinski definition) is 0. The molecule has 7 rings (SSSR count). The molecule has 3 aliphatic heterocycles. The summed E-state index contributed by atoms with van der Waals surface area (Å²) in [6.07, 6.45) is 5.56. The molecule has 1 spiro atoms. The van der Waals surface area contributed by atoms with Crippen LogP contribution in [0.3, 0.4) is 0 Å². The van der Waals surface area contributed by atoms with Gasteiger partial charge in [-0.05, 0) is 69.9 Å². The van der Waals surface area contributed by atoms with Crippen LogP contribution in [0.2, 0.25) is 0 Å². The van der Waals surface area contributed by atoms with E-state index in [1.807, 2.05) is 54.7 Å². The molecule has 4 aromatic carbocycles. The maximum Gasteiger partial charge on any atom is 0.229 e. The Labute approximate surface area is 247 Å². The fourth-order valence-electron chi connectivity index (χ4n) is 6.96. The fourth-order valence-corrected chi connectivity index (χ4v) is 6.96. The minimum Gasteiger partial charge on any atom is -0.492 e. The summed E-state index contributed by atoms with van der Waals surface area (Å²) in [6.45, 7) is 9.23. The molecule has 0 bridgehead atoms. The molecule has 214 valence electrons. The lowest BCUT2D eigenvalue weighted by Gasteiger charge is -2.46. The topological polar surface area (TPSA) is 54.4 Å². The highest BCUT2D eigenvalue weighted by Crippen LogP contribution is 2.55. The third-order valence-corrected chi connectivity index (χ3v) is 9.28. The van der Waals surface area contributed by atoms with Gasteiger partial charge in [0.25, 0.3) is 0 Å². The standard InChI is InChI=1S/C36H37N3O3/c1-25(40)26-16-17-28-29(22-26)32(38-18-10-5-11-19-38)23-33-34(28)37-24-36(42-33)35(2,3)30-14-8-9-15-31(30)39(36)20-21-41-27-12-6-4-7-13-27/h4,6-9,12-17,22-24H,5,10-11,18-21H2,1-3H3. The summed E-state index contributed by atoms with van der Waals surface area (Å²) in [5.41, 5.74) is 3.78. The second kappa shape index (κ2) is 10.2. The third-order valence-electron chi connectivity index (χ3n) is 9.28. The monoisotopic (exact) mass is 559 g/mol. The number of carbonyl (C=O) groups is 1. The van der Waals surface area contributed by atoms with E-state index < -0.39 is 11.1 Å². The number of carbonyl (C=O) groups excluding carboxylic acids is 1. The van der Waals surface area contributed by atoms with Gasteiger partial charge in [-0.2, -0.15) is 0 Å². The zero-order valence-electron chi connectivity index (χ0n) is 24.6. The first-order chi connectivity index (χ1) is 20.4. The highest BCUT2D eigenvalue weighted by atomic mass is 16.5. The van der Waals surface area contributed by atoms with Crippen molar-refractivity contribution >= 4 is 39.8 Å². The van der Waals surface area contributed by atoms with Gasteiger partial charge in [0.2, 0.25) is 5.72 Å². The van der Waals surface area contributed by atoms with E-state index in [1.54, 1.807) is 6.92 Å². The molecular weight excluding hydrogens is 522 g/mol. The van der Waals surface area contributed by atoms with Crippen LogP contribution >= 0.6 is 0 Å². The van der Waals surface area contributed by atoms with Crippen molar-refractivity contribution in [1.82, 2.24) is 0 Å². The van der Waals surface area contributed by atoms with Gasteiger partial charge in [0.05, 0.1) is 18.2 Å². The van der Waals surface area contributed by atoms with E-state index in [1.165, 1.54) is 12.0 Å². The van der Waals surface area contributed by atoms with Crippen molar-refractivity contribution in [2.45, 2.75) is 51.2 Å². The predicted molar refractivity (Wildman–Crippen MR) is 170 cm³/mol. The molecule has 6 nitrogen and oxygen atoms in total. The summed E-state index contributed by atoms with van der Waals surface area (Å²) < 4.78 is 13.4. The second-order valence-electron chi connectivity index (χ2n) is 12.1. The number of Topliss-reactive ketones (excluding diaryl/α,β-unsaturated/α-hetero) is 1. The zero-order chi connectivity index (χ0) is 28.9. The highest BCUT2D eigenvalue weighted by Gasteiger charge is 2.59. The molecule has 3 aliphatic rings. The van der Waals surface area contributed by atoms with Crippen LogP contribution in [0.4, 0.5) is 17.1 Å². The van der Waals surface area contributed by atoms with Crippen LogP contribution in [0.15, 0.2) is 83.9 Å². The van der Waals surface area contributed by atoms with Crippen LogP contribution in [0, 0.1) is 0 Å². The van der Waals surface area contributed by atoms with Crippen molar-refractivity contribution in [3.63, 3.8) is 0 Å². The maximum absolute atomic E-state index is 12.3. The molecule has 0 saturated carbocycles. The van der Waals surface area contributed by atoms with Crippen molar-refractivity contribution < 1.29 is 14.3 Å². The number of para-hydroxylation sites is 2. The summed E-state index contributed by atoms with van der Waals surface area (Å²) in [4.78, 5) is 22.3. The van der Waals surface area contributed by atoms with E-state index in [0.29, 0.717) is 13.2 Å². The molecule has 0 N–H and O–H groups in total. The molecule has 6 heteroatoms. The van der Waals surface area contributed by atoms with E-state index in [0.717, 1.165) is 70.8 Å². The molecule has 1 atom stereocenters. The first-order valence-corrected chi connectivity index (χ1v) is 15.0. The largest absolute Gasteiger partial charge is 0.492 e. The molecule has 0 amide bonds. The third kappa shape index (κ3) is 4.15. The van der Waals surface area contributed by atoms with Crippen molar-refractivity contribution in [2.24, 2.45) is 4.99 Å². The van der Waals surface area contributed by atoms with Gasteiger partial charge < -0.3 is 19.3 Å². The SMILES string of the molecule is CC(=O)c1ccc2c3c(cc(N4CCCCC4)c2c1)OC1(C=N3)N(CCOc2ccccc2)c2ccccc2C1(C)C. The smallest absolute Gasteiger partial charge is 0.229 e. The Morgan fingerprint density at radius 2 is 1.67 bits per heavy atom. The van der Waals surface area contributed by atoms with Gasteiger partial charge in [-0.15, -0.1) is 0 Å². The number of rotatable bonds is 6. The molecular formula is C36H37N3O3. The van der Waals surface area contributed by atoms with Gasteiger partial charge >= 0.3 is 0 Å². The van der Waals surface area contributed by atoms with Crippen molar-refractivity contribution in [3.05, 3.63) is 90.0 Å². The Kier molecular flexibility index (Phi) is 6.45. The van der Waals surface area contributed by atoms with Crippen molar-refractivity contribution in [2.75, 3.05) is 36.0 Å². The van der Waals surface area contributed by atoms with E-state index in [-0.39, 0.29) is 5.78 Å². The summed E-state index contributed by atoms with van der Waals surface area (Å²) >= 11 is 0. The predicted octanol–water partition coefficient (Wildman–Crippen LogP) is 7.70. The minimum absolute atomic E-state index is 0.0664. The number of piperidine rings is 1. The average Bonchev–Trinajstić information content (AvgIpc) is 3.19. The number of fused-ring (bicyclic) bond motifs is 4. The Bertz CT molecular complexity index is 1690. The van der Waals surface area contributed by atoms with Crippen LogP contribution < -0.4 is 19.3 Å². The van der Waals surface area contributed by atoms with Gasteiger partial charge in [-0.25, -0.2) is 0 Å². The fraction of sp³-hybridized carbons (Fsp3) is 0.333. The number of aliphatic imine (C=N–C) groups is 1. The quantitative estimate of drug-likeness (QED) is 0.227. The molecule has 42 heavy (non-hydrogen) atoms. The molecule has 0 radical (unpaired) electrons. The molecule has 4 aromatic rings. The number of ether oxygens (including phenoxy) is 2. The van der Waals surface area contributed by atoms with Crippen LogP contribution in [0.1, 0.15) is 56.0 Å². The van der Waals surface area contributed by atoms with Gasteiger partial charge in [-0.1, -0.05) is 48.5 Å². The number of nitrogens with zero attached hydrogens (tertiary/aromatic N) is 3. The van der Waals surface area contributed by atoms with Crippen LogP contribution in [-0.2, 0) is 5.41 Å². The lowest BCUT2D eigenvalue weighted by atomic mass is 9.77. The van der Waals surface area contributed by atoms with E-state index in [2.05, 4.69) is 54.0 Å². The normalized spacial score (nSPS) is 20.4. The highest BCUT2D eigenvalue weighted by molar-refractivity contribution is 6.09. The molecule has 3 heterocycles. The lowest BCUT2D eigenvalue weighted by molar-refractivity contribution is 0.0751. The second-order valence-corrected chi connectivity index (χ2v) is 12.1. The average molecular weight is 560 g/mol. The summed E-state index contributed by atoms with van der Waals surface area (Å²) in [7, 11) is 0. The Morgan fingerprint density at radius 3 is 2.45 bits per heavy atom. The van der Waals surface area contributed by atoms with Crippen LogP contribution in [-0.4, -0.2) is 44.0 Å². The van der Waals surface area contributed by atoms with E-state index in [9.17, 15) is 4.79 Å². The molecule has 0 aliphatic carbocycles. The molecule has 1 saturated heterocycles. The first kappa shape index (κ1) is 26.6. The Hall–Kier alpha value is -4.32. The molecule has 1 unspecified atom stereocenters. The number of hydrogen-bond acceptors (Lipinski definition) is 6. The number of benzene rings is 4.